The molecule has 7 heteroatoms. The number of carbonyl (C=O) groups is 1. The van der Waals surface area contributed by atoms with E-state index in [2.05, 4.69) is 9.97 Å². The third-order valence-electron chi connectivity index (χ3n) is 2.92. The molecule has 0 radical (unpaired) electrons. The number of aromatic nitrogens is 2. The van der Waals surface area contributed by atoms with Gasteiger partial charge in [-0.3, -0.25) is 4.79 Å². The molecule has 0 aromatic carbocycles. The van der Waals surface area contributed by atoms with Gasteiger partial charge in [0.15, 0.2) is 0 Å². The van der Waals surface area contributed by atoms with E-state index in [4.69, 9.17) is 18.0 Å². The summed E-state index contributed by atoms with van der Waals surface area (Å²) in [6.45, 7) is 7.35. The Labute approximate surface area is 125 Å². The normalized spacial score (nSPS) is 10.2. The Morgan fingerprint density at radius 1 is 1.35 bits per heavy atom. The summed E-state index contributed by atoms with van der Waals surface area (Å²) in [7, 11) is 1.78. The van der Waals surface area contributed by atoms with E-state index in [-0.39, 0.29) is 17.4 Å². The highest BCUT2D eigenvalue weighted by atomic mass is 32.1. The summed E-state index contributed by atoms with van der Waals surface area (Å²) in [6, 6.07) is 1.73. The summed E-state index contributed by atoms with van der Waals surface area (Å²) < 4.78 is 0. The molecule has 20 heavy (non-hydrogen) atoms. The minimum absolute atomic E-state index is 0.0412. The van der Waals surface area contributed by atoms with Crippen LogP contribution in [0, 0.1) is 6.92 Å². The standard InChI is InChI=1S/C13H21N5OS/c1-5-18(6-2)11(19)8-17(4)13-15-9(3)7-10(16-13)12(14)20/h7H,5-6,8H2,1-4H3,(H2,14,20). The van der Waals surface area contributed by atoms with E-state index < -0.39 is 0 Å². The van der Waals surface area contributed by atoms with Gasteiger partial charge in [-0.25, -0.2) is 9.97 Å². The highest BCUT2D eigenvalue weighted by molar-refractivity contribution is 7.80. The molecule has 0 aliphatic carbocycles. The summed E-state index contributed by atoms with van der Waals surface area (Å²) in [5, 5.41) is 0. The maximum Gasteiger partial charge on any atom is 0.242 e. The molecule has 0 saturated heterocycles. The lowest BCUT2D eigenvalue weighted by atomic mass is 10.3. The van der Waals surface area contributed by atoms with Crippen LogP contribution in [0.25, 0.3) is 0 Å². The molecule has 1 aromatic rings. The first-order chi connectivity index (χ1) is 9.38. The van der Waals surface area contributed by atoms with Crippen LogP contribution in [0.3, 0.4) is 0 Å². The van der Waals surface area contributed by atoms with Crippen molar-refractivity contribution in [2.24, 2.45) is 5.73 Å². The summed E-state index contributed by atoms with van der Waals surface area (Å²) in [6.07, 6.45) is 0. The Bertz CT molecular complexity index is 502. The van der Waals surface area contributed by atoms with Gasteiger partial charge in [0.05, 0.1) is 6.54 Å². The number of rotatable bonds is 6. The minimum atomic E-state index is 0.0412. The molecule has 0 bridgehead atoms. The average molecular weight is 295 g/mol. The molecule has 2 N–H and O–H groups in total. The molecule has 0 unspecified atom stereocenters. The molecular weight excluding hydrogens is 274 g/mol. The van der Waals surface area contributed by atoms with E-state index in [1.807, 2.05) is 20.8 Å². The molecule has 0 aliphatic heterocycles. The zero-order valence-corrected chi connectivity index (χ0v) is 13.2. The second-order valence-electron chi connectivity index (χ2n) is 4.48. The number of anilines is 1. The predicted molar refractivity (Wildman–Crippen MR) is 83.9 cm³/mol. The summed E-state index contributed by atoms with van der Waals surface area (Å²) in [5.41, 5.74) is 6.87. The average Bonchev–Trinajstić information content (AvgIpc) is 2.39. The number of nitrogens with two attached hydrogens (primary N) is 1. The van der Waals surface area contributed by atoms with Crippen molar-refractivity contribution in [3.05, 3.63) is 17.5 Å². The molecule has 110 valence electrons. The number of aryl methyl sites for hydroxylation is 1. The molecule has 1 aromatic heterocycles. The Morgan fingerprint density at radius 2 is 1.95 bits per heavy atom. The van der Waals surface area contributed by atoms with Crippen molar-refractivity contribution in [1.29, 1.82) is 0 Å². The Hall–Kier alpha value is -1.76. The number of hydrogen-bond donors (Lipinski definition) is 1. The molecule has 0 saturated carbocycles. The van der Waals surface area contributed by atoms with Gasteiger partial charge >= 0.3 is 0 Å². The third kappa shape index (κ3) is 4.12. The zero-order chi connectivity index (χ0) is 15.3. The summed E-state index contributed by atoms with van der Waals surface area (Å²) in [5.74, 6) is 0.493. The molecule has 1 amide bonds. The third-order valence-corrected chi connectivity index (χ3v) is 3.13. The van der Waals surface area contributed by atoms with Gasteiger partial charge in [-0.05, 0) is 26.8 Å². The highest BCUT2D eigenvalue weighted by Crippen LogP contribution is 2.09. The second kappa shape index (κ2) is 7.14. The molecule has 1 heterocycles. The van der Waals surface area contributed by atoms with E-state index in [9.17, 15) is 4.79 Å². The fraction of sp³-hybridized carbons (Fsp3) is 0.538. The van der Waals surface area contributed by atoms with Crippen molar-refractivity contribution in [3.63, 3.8) is 0 Å². The Balaban J connectivity index is 2.89. The molecule has 1 rings (SSSR count). The van der Waals surface area contributed by atoms with Crippen molar-refractivity contribution in [2.45, 2.75) is 20.8 Å². The summed E-state index contributed by atoms with van der Waals surface area (Å²) in [4.78, 5) is 24.3. The maximum absolute atomic E-state index is 12.1. The van der Waals surface area contributed by atoms with Crippen molar-refractivity contribution in [3.8, 4) is 0 Å². The van der Waals surface area contributed by atoms with E-state index in [1.165, 1.54) is 0 Å². The lowest BCUT2D eigenvalue weighted by Gasteiger charge is -2.23. The van der Waals surface area contributed by atoms with E-state index in [0.717, 1.165) is 5.69 Å². The molecule has 0 atom stereocenters. The molecular formula is C13H21N5OS. The number of amides is 1. The van der Waals surface area contributed by atoms with Crippen LogP contribution in [0.1, 0.15) is 25.2 Å². The largest absolute Gasteiger partial charge is 0.388 e. The lowest BCUT2D eigenvalue weighted by molar-refractivity contribution is -0.129. The van der Waals surface area contributed by atoms with Crippen molar-refractivity contribution in [2.75, 3.05) is 31.6 Å². The van der Waals surface area contributed by atoms with Gasteiger partial charge in [0, 0.05) is 25.8 Å². The van der Waals surface area contributed by atoms with Crippen LogP contribution in [-0.2, 0) is 4.79 Å². The van der Waals surface area contributed by atoms with Gasteiger partial charge in [0.25, 0.3) is 0 Å². The van der Waals surface area contributed by atoms with E-state index in [0.29, 0.717) is 24.7 Å². The van der Waals surface area contributed by atoms with Crippen LogP contribution in [0.4, 0.5) is 5.95 Å². The highest BCUT2D eigenvalue weighted by Gasteiger charge is 2.15. The first-order valence-corrected chi connectivity index (χ1v) is 6.94. The van der Waals surface area contributed by atoms with Crippen LogP contribution in [0.2, 0.25) is 0 Å². The molecule has 0 spiro atoms. The van der Waals surface area contributed by atoms with Crippen molar-refractivity contribution < 1.29 is 4.79 Å². The van der Waals surface area contributed by atoms with Gasteiger partial charge in [-0.15, -0.1) is 0 Å². The monoisotopic (exact) mass is 295 g/mol. The van der Waals surface area contributed by atoms with E-state index >= 15 is 0 Å². The van der Waals surface area contributed by atoms with Crippen LogP contribution < -0.4 is 10.6 Å². The maximum atomic E-state index is 12.1. The SMILES string of the molecule is CCN(CC)C(=O)CN(C)c1nc(C)cc(C(N)=S)n1. The van der Waals surface area contributed by atoms with Gasteiger partial charge < -0.3 is 15.5 Å². The van der Waals surface area contributed by atoms with Crippen LogP contribution >= 0.6 is 12.2 Å². The number of carbonyl (C=O) groups excluding carboxylic acids is 1. The first-order valence-electron chi connectivity index (χ1n) is 6.53. The number of hydrogen-bond acceptors (Lipinski definition) is 5. The lowest BCUT2D eigenvalue weighted by Crippen LogP contribution is -2.39. The molecule has 6 nitrogen and oxygen atoms in total. The van der Waals surface area contributed by atoms with Crippen molar-refractivity contribution in [1.82, 2.24) is 14.9 Å². The number of nitrogens with zero attached hydrogens (tertiary/aromatic N) is 4. The smallest absolute Gasteiger partial charge is 0.242 e. The molecule has 0 aliphatic rings. The topological polar surface area (TPSA) is 75.4 Å². The van der Waals surface area contributed by atoms with Crippen LogP contribution in [-0.4, -0.2) is 52.4 Å². The van der Waals surface area contributed by atoms with Crippen LogP contribution in [0.5, 0.6) is 0 Å². The fourth-order valence-electron chi connectivity index (χ4n) is 1.80. The quantitative estimate of drug-likeness (QED) is 0.780. The number of thiocarbonyl (C=S) groups is 1. The Kier molecular flexibility index (Phi) is 5.82. The van der Waals surface area contributed by atoms with Gasteiger partial charge in [-0.1, -0.05) is 12.2 Å². The van der Waals surface area contributed by atoms with Crippen molar-refractivity contribution >= 4 is 29.1 Å². The zero-order valence-electron chi connectivity index (χ0n) is 12.4. The first kappa shape index (κ1) is 16.3. The van der Waals surface area contributed by atoms with Gasteiger partial charge in [0.2, 0.25) is 11.9 Å². The predicted octanol–water partition coefficient (Wildman–Crippen LogP) is 0.724. The second-order valence-corrected chi connectivity index (χ2v) is 4.92. The van der Waals surface area contributed by atoms with E-state index in [1.54, 1.807) is 22.9 Å². The number of likely N-dealkylation sites (N-methyl/N-ethyl adjacent to an activating group) is 2. The summed E-state index contributed by atoms with van der Waals surface area (Å²) >= 11 is 4.93. The van der Waals surface area contributed by atoms with Gasteiger partial charge in [-0.2, -0.15) is 0 Å². The van der Waals surface area contributed by atoms with Gasteiger partial charge in [0.1, 0.15) is 10.7 Å². The fourth-order valence-corrected chi connectivity index (χ4v) is 1.90. The Morgan fingerprint density at radius 3 is 2.45 bits per heavy atom. The molecule has 0 fully saturated rings. The minimum Gasteiger partial charge on any atom is -0.388 e. The van der Waals surface area contributed by atoms with Crippen LogP contribution in [0.15, 0.2) is 6.07 Å².